The molecule has 4 nitrogen and oxygen atoms in total. The van der Waals surface area contributed by atoms with Crippen molar-refractivity contribution in [1.82, 2.24) is 9.78 Å². The lowest BCUT2D eigenvalue weighted by Crippen LogP contribution is -1.99. The summed E-state index contributed by atoms with van der Waals surface area (Å²) >= 11 is 3.46. The van der Waals surface area contributed by atoms with Gasteiger partial charge in [-0.1, -0.05) is 64.5 Å². The second kappa shape index (κ2) is 7.60. The normalized spacial score (nSPS) is 11.5. The summed E-state index contributed by atoms with van der Waals surface area (Å²) in [4.78, 5) is 0. The molecule has 4 rings (SSSR count). The van der Waals surface area contributed by atoms with Crippen molar-refractivity contribution in [3.8, 4) is 16.9 Å². The molecule has 0 unspecified atom stereocenters. The number of hydrogen-bond acceptors (Lipinski definition) is 2. The first-order valence-electron chi connectivity index (χ1n) is 8.48. The first-order valence-corrected chi connectivity index (χ1v) is 9.27. The molecular weight excluding hydrogens is 402 g/mol. The zero-order valence-corrected chi connectivity index (χ0v) is 16.0. The van der Waals surface area contributed by atoms with Gasteiger partial charge in [-0.25, -0.2) is 4.68 Å². The van der Waals surface area contributed by atoms with Gasteiger partial charge >= 0.3 is 0 Å². The van der Waals surface area contributed by atoms with Crippen molar-refractivity contribution in [2.45, 2.75) is 0 Å². The lowest BCUT2D eigenvalue weighted by Gasteiger charge is -2.03. The first-order chi connectivity index (χ1) is 13.2. The highest BCUT2D eigenvalue weighted by atomic mass is 79.9. The second-order valence-corrected chi connectivity index (χ2v) is 6.93. The Morgan fingerprint density at radius 3 is 2.15 bits per heavy atom. The van der Waals surface area contributed by atoms with Crippen molar-refractivity contribution in [3.05, 3.63) is 106 Å². The average molecular weight is 418 g/mol. The highest BCUT2D eigenvalue weighted by Gasteiger charge is 2.14. The van der Waals surface area contributed by atoms with E-state index in [0.717, 1.165) is 31.7 Å². The van der Waals surface area contributed by atoms with Crippen molar-refractivity contribution in [2.75, 3.05) is 0 Å². The topological polar surface area (TPSA) is 43.9 Å². The van der Waals surface area contributed by atoms with Gasteiger partial charge in [-0.3, -0.25) is 0 Å². The third-order valence-corrected chi connectivity index (χ3v) is 4.68. The fourth-order valence-electron chi connectivity index (χ4n) is 2.80. The van der Waals surface area contributed by atoms with Crippen LogP contribution in [0, 0.1) is 5.21 Å². The molecule has 0 N–H and O–H groups in total. The molecule has 132 valence electrons. The van der Waals surface area contributed by atoms with Crippen LogP contribution in [0.4, 0.5) is 5.69 Å². The van der Waals surface area contributed by atoms with Gasteiger partial charge in [-0.05, 0) is 24.3 Å². The number of para-hydroxylation sites is 2. The van der Waals surface area contributed by atoms with E-state index in [4.69, 9.17) is 5.10 Å². The maximum atomic E-state index is 12.6. The van der Waals surface area contributed by atoms with Crippen LogP contribution in [-0.4, -0.2) is 20.7 Å². The van der Waals surface area contributed by atoms with Crippen LogP contribution in [0.15, 0.2) is 95.6 Å². The minimum absolute atomic E-state index is 0.576. The first kappa shape index (κ1) is 17.2. The van der Waals surface area contributed by atoms with E-state index in [-0.39, 0.29) is 0 Å². The molecule has 0 aliphatic rings. The Bertz CT molecular complexity index is 1070. The number of hydrogen-bond donors (Lipinski definition) is 0. The minimum atomic E-state index is 0.576. The zero-order valence-electron chi connectivity index (χ0n) is 14.4. The number of benzene rings is 3. The Labute approximate surface area is 165 Å². The van der Waals surface area contributed by atoms with Gasteiger partial charge in [-0.15, -0.1) is 0 Å². The highest BCUT2D eigenvalue weighted by molar-refractivity contribution is 9.10. The third-order valence-electron chi connectivity index (χ3n) is 4.15. The molecule has 0 aliphatic carbocycles. The molecule has 0 saturated heterocycles. The summed E-state index contributed by atoms with van der Waals surface area (Å²) in [5, 5.41) is 17.3. The number of nitrogens with zero attached hydrogens (tertiary/aromatic N) is 3. The van der Waals surface area contributed by atoms with Crippen molar-refractivity contribution >= 4 is 27.8 Å². The molecule has 4 aromatic rings. The van der Waals surface area contributed by atoms with E-state index in [0.29, 0.717) is 5.69 Å². The van der Waals surface area contributed by atoms with Gasteiger partial charge in [0.15, 0.2) is 6.21 Å². The largest absolute Gasteiger partial charge is 0.618 e. The van der Waals surface area contributed by atoms with E-state index in [1.54, 1.807) is 23.0 Å². The third kappa shape index (κ3) is 3.83. The maximum absolute atomic E-state index is 12.6. The minimum Gasteiger partial charge on any atom is -0.618 e. The molecule has 1 aromatic heterocycles. The molecule has 0 bridgehead atoms. The molecule has 0 saturated carbocycles. The van der Waals surface area contributed by atoms with Crippen LogP contribution in [0.25, 0.3) is 16.9 Å². The lowest BCUT2D eigenvalue weighted by molar-refractivity contribution is -0.354. The fraction of sp³-hybridized carbons (Fsp3) is 0. The zero-order chi connectivity index (χ0) is 18.6. The van der Waals surface area contributed by atoms with Crippen molar-refractivity contribution in [3.63, 3.8) is 0 Å². The summed E-state index contributed by atoms with van der Waals surface area (Å²) in [5.41, 5.74) is 3.96. The summed E-state index contributed by atoms with van der Waals surface area (Å²) in [5.74, 6) is 0. The molecule has 3 aromatic carbocycles. The smallest absolute Gasteiger partial charge is 0.216 e. The van der Waals surface area contributed by atoms with Gasteiger partial charge in [0, 0.05) is 28.4 Å². The van der Waals surface area contributed by atoms with Gasteiger partial charge in [0.1, 0.15) is 5.69 Å². The maximum Gasteiger partial charge on any atom is 0.216 e. The number of aromatic nitrogens is 2. The lowest BCUT2D eigenvalue weighted by atomic mass is 10.1. The van der Waals surface area contributed by atoms with Crippen molar-refractivity contribution < 1.29 is 4.74 Å². The Morgan fingerprint density at radius 1 is 0.852 bits per heavy atom. The predicted molar refractivity (Wildman–Crippen MR) is 112 cm³/mol. The Balaban J connectivity index is 1.83. The predicted octanol–water partition coefficient (Wildman–Crippen LogP) is 5.56. The van der Waals surface area contributed by atoms with Gasteiger partial charge in [0.25, 0.3) is 0 Å². The van der Waals surface area contributed by atoms with Crippen LogP contribution < -0.4 is 0 Å². The standard InChI is InChI=1S/C22H16BrN3O/c23-19-13-11-17(12-14-19)22-18(16-26(27)21-9-5-2-6-10-21)15-25(24-22)20-7-3-1-4-8-20/h1-16H/b26-16-. The molecular formula is C22H16BrN3O. The molecule has 0 atom stereocenters. The van der Waals surface area contributed by atoms with Crippen LogP contribution in [0.3, 0.4) is 0 Å². The van der Waals surface area contributed by atoms with Gasteiger partial charge < -0.3 is 5.21 Å². The summed E-state index contributed by atoms with van der Waals surface area (Å²) in [7, 11) is 0. The summed E-state index contributed by atoms with van der Waals surface area (Å²) in [6.07, 6.45) is 3.44. The Kier molecular flexibility index (Phi) is 4.85. The number of rotatable bonds is 4. The average Bonchev–Trinajstić information content (AvgIpc) is 3.13. The molecule has 1 heterocycles. The second-order valence-electron chi connectivity index (χ2n) is 6.01. The molecule has 0 aliphatic heterocycles. The van der Waals surface area contributed by atoms with Crippen molar-refractivity contribution in [2.24, 2.45) is 0 Å². The van der Waals surface area contributed by atoms with Crippen molar-refractivity contribution in [1.29, 1.82) is 0 Å². The van der Waals surface area contributed by atoms with Gasteiger partial charge in [-0.2, -0.15) is 9.84 Å². The highest BCUT2D eigenvalue weighted by Crippen LogP contribution is 2.25. The molecule has 5 heteroatoms. The van der Waals surface area contributed by atoms with E-state index in [2.05, 4.69) is 15.9 Å². The van der Waals surface area contributed by atoms with Crippen LogP contribution in [0.5, 0.6) is 0 Å². The quantitative estimate of drug-likeness (QED) is 0.188. The SMILES string of the molecule is [O-]/[N+](=C\c1cn(-c2ccccc2)nc1-c1ccc(Br)cc1)c1ccccc1. The van der Waals surface area contributed by atoms with Gasteiger partial charge in [0.05, 0.1) is 11.3 Å². The van der Waals surface area contributed by atoms with Crippen LogP contribution in [0.2, 0.25) is 0 Å². The van der Waals surface area contributed by atoms with Crippen LogP contribution >= 0.6 is 15.9 Å². The molecule has 0 fully saturated rings. The molecule has 0 spiro atoms. The Hall–Kier alpha value is -3.18. The monoisotopic (exact) mass is 417 g/mol. The van der Waals surface area contributed by atoms with Crippen LogP contribution in [-0.2, 0) is 0 Å². The van der Waals surface area contributed by atoms with E-state index in [9.17, 15) is 5.21 Å². The fourth-order valence-corrected chi connectivity index (χ4v) is 3.07. The van der Waals surface area contributed by atoms with E-state index >= 15 is 0 Å². The van der Waals surface area contributed by atoms with E-state index < -0.39 is 0 Å². The van der Waals surface area contributed by atoms with Gasteiger partial charge in [0.2, 0.25) is 5.69 Å². The van der Waals surface area contributed by atoms with Crippen LogP contribution in [0.1, 0.15) is 5.56 Å². The van der Waals surface area contributed by atoms with E-state index in [1.807, 2.05) is 79.0 Å². The summed E-state index contributed by atoms with van der Waals surface area (Å²) < 4.78 is 3.66. The summed E-state index contributed by atoms with van der Waals surface area (Å²) in [6.45, 7) is 0. The van der Waals surface area contributed by atoms with E-state index in [1.165, 1.54) is 0 Å². The molecule has 27 heavy (non-hydrogen) atoms. The Morgan fingerprint density at radius 2 is 1.48 bits per heavy atom. The molecule has 0 amide bonds. The summed E-state index contributed by atoms with van der Waals surface area (Å²) in [6, 6.07) is 26.9. The number of halogens is 1. The molecule has 0 radical (unpaired) electrons.